The third kappa shape index (κ3) is 4.03. The summed E-state index contributed by atoms with van der Waals surface area (Å²) in [5.41, 5.74) is 2.91. The smallest absolute Gasteiger partial charge is 0.348 e. The van der Waals surface area contributed by atoms with Crippen molar-refractivity contribution in [1.82, 2.24) is 0 Å². The summed E-state index contributed by atoms with van der Waals surface area (Å²) in [7, 11) is 0. The van der Waals surface area contributed by atoms with Gasteiger partial charge < -0.3 is 20.1 Å². The van der Waals surface area contributed by atoms with Gasteiger partial charge in [0.2, 0.25) is 0 Å². The number of cyclic esters (lactones) is 1. The van der Waals surface area contributed by atoms with E-state index in [1.54, 1.807) is 24.3 Å². The molecule has 2 aromatic rings. The summed E-state index contributed by atoms with van der Waals surface area (Å²) in [6.45, 7) is 3.95. The minimum atomic E-state index is -0.686. The van der Waals surface area contributed by atoms with Crippen molar-refractivity contribution in [2.24, 2.45) is 0 Å². The van der Waals surface area contributed by atoms with Gasteiger partial charge in [-0.05, 0) is 61.2 Å². The van der Waals surface area contributed by atoms with E-state index in [4.69, 9.17) is 4.74 Å². The molecule has 0 spiro atoms. The third-order valence-electron chi connectivity index (χ3n) is 4.17. The average molecular weight is 364 g/mol. The van der Waals surface area contributed by atoms with Gasteiger partial charge in [-0.15, -0.1) is 0 Å². The van der Waals surface area contributed by atoms with E-state index < -0.39 is 5.97 Å². The Labute approximate surface area is 157 Å². The number of rotatable bonds is 4. The van der Waals surface area contributed by atoms with E-state index in [2.05, 4.69) is 0 Å². The van der Waals surface area contributed by atoms with Crippen molar-refractivity contribution < 1.29 is 24.9 Å². The molecule has 5 nitrogen and oxygen atoms in total. The maximum atomic E-state index is 12.2. The van der Waals surface area contributed by atoms with Crippen LogP contribution in [-0.2, 0) is 16.0 Å². The minimum absolute atomic E-state index is 0.00379. The van der Waals surface area contributed by atoms with E-state index in [0.717, 1.165) is 11.1 Å². The van der Waals surface area contributed by atoms with Gasteiger partial charge in [0.15, 0.2) is 11.5 Å². The second kappa shape index (κ2) is 7.41. The third-order valence-corrected chi connectivity index (χ3v) is 4.17. The minimum Gasteiger partial charge on any atom is -0.508 e. The van der Waals surface area contributed by atoms with Gasteiger partial charge >= 0.3 is 5.97 Å². The molecule has 0 amide bonds. The van der Waals surface area contributed by atoms with Gasteiger partial charge in [-0.3, -0.25) is 0 Å². The zero-order valence-corrected chi connectivity index (χ0v) is 15.1. The zero-order chi connectivity index (χ0) is 19.6. The largest absolute Gasteiger partial charge is 0.508 e. The normalized spacial score (nSPS) is 15.2. The lowest BCUT2D eigenvalue weighted by molar-refractivity contribution is -0.131. The number of phenols is 2. The SMILES string of the molecule is CC(C)=CCc1ccc(C2=C(O)C(=Cc3ccc(O)cc3)OC2=O)cc1O. The Morgan fingerprint density at radius 1 is 1.04 bits per heavy atom. The molecule has 1 aliphatic heterocycles. The molecular weight excluding hydrogens is 344 g/mol. The second-order valence-corrected chi connectivity index (χ2v) is 6.54. The van der Waals surface area contributed by atoms with Gasteiger partial charge in [0.25, 0.3) is 0 Å². The van der Waals surface area contributed by atoms with Crippen LogP contribution in [0.15, 0.2) is 65.6 Å². The maximum Gasteiger partial charge on any atom is 0.348 e. The van der Waals surface area contributed by atoms with Crippen LogP contribution < -0.4 is 0 Å². The topological polar surface area (TPSA) is 87.0 Å². The van der Waals surface area contributed by atoms with Crippen molar-refractivity contribution in [3.63, 3.8) is 0 Å². The lowest BCUT2D eigenvalue weighted by Gasteiger charge is -2.05. The van der Waals surface area contributed by atoms with Crippen LogP contribution in [0.1, 0.15) is 30.5 Å². The van der Waals surface area contributed by atoms with Crippen LogP contribution >= 0.6 is 0 Å². The molecule has 0 aliphatic carbocycles. The fraction of sp³-hybridized carbons (Fsp3) is 0.136. The zero-order valence-electron chi connectivity index (χ0n) is 15.1. The van der Waals surface area contributed by atoms with Gasteiger partial charge in [-0.1, -0.05) is 35.9 Å². The van der Waals surface area contributed by atoms with E-state index in [1.807, 2.05) is 19.9 Å². The average Bonchev–Trinajstić information content (AvgIpc) is 2.89. The molecule has 1 heterocycles. The van der Waals surface area contributed by atoms with Crippen molar-refractivity contribution in [3.8, 4) is 11.5 Å². The number of esters is 1. The fourth-order valence-electron chi connectivity index (χ4n) is 2.70. The second-order valence-electron chi connectivity index (χ2n) is 6.54. The Morgan fingerprint density at radius 3 is 2.37 bits per heavy atom. The number of benzene rings is 2. The Balaban J connectivity index is 1.94. The molecule has 27 heavy (non-hydrogen) atoms. The number of carbonyl (C=O) groups is 1. The summed E-state index contributed by atoms with van der Waals surface area (Å²) < 4.78 is 5.17. The molecule has 0 aromatic heterocycles. The van der Waals surface area contributed by atoms with Gasteiger partial charge in [0, 0.05) is 0 Å². The first-order valence-electron chi connectivity index (χ1n) is 8.47. The number of ether oxygens (including phenoxy) is 1. The van der Waals surface area contributed by atoms with Crippen LogP contribution in [-0.4, -0.2) is 21.3 Å². The maximum absolute atomic E-state index is 12.2. The molecule has 1 aliphatic rings. The summed E-state index contributed by atoms with van der Waals surface area (Å²) in [6.07, 6.45) is 4.08. The fourth-order valence-corrected chi connectivity index (χ4v) is 2.70. The molecule has 3 rings (SSSR count). The Hall–Kier alpha value is -3.47. The van der Waals surface area contributed by atoms with Gasteiger partial charge in [-0.25, -0.2) is 4.79 Å². The number of aromatic hydroxyl groups is 2. The van der Waals surface area contributed by atoms with Crippen LogP contribution in [0, 0.1) is 0 Å². The van der Waals surface area contributed by atoms with Crippen molar-refractivity contribution in [2.45, 2.75) is 20.3 Å². The number of carbonyl (C=O) groups excluding carboxylic acids is 1. The molecule has 0 saturated heterocycles. The van der Waals surface area contributed by atoms with Crippen molar-refractivity contribution in [2.75, 3.05) is 0 Å². The van der Waals surface area contributed by atoms with Crippen LogP contribution in [0.3, 0.4) is 0 Å². The molecular formula is C22H20O5. The van der Waals surface area contributed by atoms with Crippen LogP contribution in [0.5, 0.6) is 11.5 Å². The molecule has 2 aromatic carbocycles. The van der Waals surface area contributed by atoms with Crippen molar-refractivity contribution >= 4 is 17.6 Å². The first-order chi connectivity index (χ1) is 12.8. The number of allylic oxidation sites excluding steroid dienone is 2. The summed E-state index contributed by atoms with van der Waals surface area (Å²) in [4.78, 5) is 12.2. The molecule has 0 unspecified atom stereocenters. The Morgan fingerprint density at radius 2 is 1.74 bits per heavy atom. The van der Waals surface area contributed by atoms with E-state index >= 15 is 0 Å². The number of aliphatic hydroxyl groups is 1. The van der Waals surface area contributed by atoms with Gasteiger partial charge in [0.05, 0.1) is 0 Å². The van der Waals surface area contributed by atoms with E-state index in [0.29, 0.717) is 17.5 Å². The van der Waals surface area contributed by atoms with Crippen LogP contribution in [0.2, 0.25) is 0 Å². The highest BCUT2D eigenvalue weighted by molar-refractivity contribution is 6.21. The monoisotopic (exact) mass is 364 g/mol. The number of phenolic OH excluding ortho intramolecular Hbond substituents is 2. The highest BCUT2D eigenvalue weighted by Crippen LogP contribution is 2.35. The molecule has 3 N–H and O–H groups in total. The number of hydrogen-bond acceptors (Lipinski definition) is 5. The number of hydrogen-bond donors (Lipinski definition) is 3. The molecule has 0 radical (unpaired) electrons. The molecule has 0 fully saturated rings. The van der Waals surface area contributed by atoms with Gasteiger partial charge in [0.1, 0.15) is 17.1 Å². The molecule has 5 heteroatoms. The first-order valence-corrected chi connectivity index (χ1v) is 8.47. The predicted molar refractivity (Wildman–Crippen MR) is 103 cm³/mol. The Kier molecular flexibility index (Phi) is 5.03. The molecule has 138 valence electrons. The number of aliphatic hydroxyl groups excluding tert-OH is 1. The lowest BCUT2D eigenvalue weighted by Crippen LogP contribution is -1.99. The van der Waals surface area contributed by atoms with Crippen molar-refractivity contribution in [3.05, 3.63) is 82.3 Å². The summed E-state index contributed by atoms with van der Waals surface area (Å²) in [5, 5.41) is 30.0. The summed E-state index contributed by atoms with van der Waals surface area (Å²) >= 11 is 0. The quantitative estimate of drug-likeness (QED) is 0.550. The van der Waals surface area contributed by atoms with Crippen molar-refractivity contribution in [1.29, 1.82) is 0 Å². The van der Waals surface area contributed by atoms with E-state index in [1.165, 1.54) is 24.3 Å². The summed E-state index contributed by atoms with van der Waals surface area (Å²) in [5.74, 6) is -0.786. The van der Waals surface area contributed by atoms with Gasteiger partial charge in [-0.2, -0.15) is 0 Å². The van der Waals surface area contributed by atoms with Crippen LogP contribution in [0.4, 0.5) is 0 Å². The highest BCUT2D eigenvalue weighted by atomic mass is 16.6. The lowest BCUT2D eigenvalue weighted by atomic mass is 10.0. The Bertz CT molecular complexity index is 974. The molecule has 0 atom stereocenters. The molecule has 0 bridgehead atoms. The standard InChI is InChI=1S/C22H20O5/c1-13(2)3-6-15-7-8-16(12-18(15)24)20-21(25)19(27-22(20)26)11-14-4-9-17(23)10-5-14/h3-5,7-12,23-25H,6H2,1-2H3. The van der Waals surface area contributed by atoms with Crippen LogP contribution in [0.25, 0.3) is 11.6 Å². The van der Waals surface area contributed by atoms with E-state index in [9.17, 15) is 20.1 Å². The predicted octanol–water partition coefficient (Wildman–Crippen LogP) is 4.47. The van der Waals surface area contributed by atoms with E-state index in [-0.39, 0.29) is 28.6 Å². The molecule has 0 saturated carbocycles. The summed E-state index contributed by atoms with van der Waals surface area (Å²) in [6, 6.07) is 11.1. The highest BCUT2D eigenvalue weighted by Gasteiger charge is 2.31. The first kappa shape index (κ1) is 18.3.